The van der Waals surface area contributed by atoms with Gasteiger partial charge >= 0.3 is 0 Å². The van der Waals surface area contributed by atoms with Crippen LogP contribution in [-0.4, -0.2) is 23.9 Å². The normalized spacial score (nSPS) is 13.1. The lowest BCUT2D eigenvalue weighted by atomic mass is 10.1. The first kappa shape index (κ1) is 17.9. The molecule has 0 fully saturated rings. The van der Waals surface area contributed by atoms with E-state index in [1.54, 1.807) is 7.11 Å². The summed E-state index contributed by atoms with van der Waals surface area (Å²) < 4.78 is 5.14. The van der Waals surface area contributed by atoms with Gasteiger partial charge in [0.15, 0.2) is 0 Å². The molecular weight excluding hydrogens is 286 g/mol. The van der Waals surface area contributed by atoms with Crippen LogP contribution < -0.4 is 10.2 Å². The van der Waals surface area contributed by atoms with Gasteiger partial charge in [-0.05, 0) is 51.0 Å². The summed E-state index contributed by atoms with van der Waals surface area (Å²) in [4.78, 5) is 18.7. The minimum Gasteiger partial charge on any atom is -0.497 e. The van der Waals surface area contributed by atoms with E-state index in [-0.39, 0.29) is 17.1 Å². The molecular formula is C16H25NO3S. The fourth-order valence-corrected chi connectivity index (χ4v) is 2.57. The van der Waals surface area contributed by atoms with Crippen molar-refractivity contribution >= 4 is 17.7 Å². The van der Waals surface area contributed by atoms with Crippen molar-refractivity contribution in [2.45, 2.75) is 50.4 Å². The number of hydroxylamine groups is 1. The number of benzene rings is 1. The van der Waals surface area contributed by atoms with E-state index in [4.69, 9.17) is 9.57 Å². The van der Waals surface area contributed by atoms with E-state index in [2.05, 4.69) is 5.48 Å². The van der Waals surface area contributed by atoms with Crippen LogP contribution in [0.15, 0.2) is 29.2 Å². The van der Waals surface area contributed by atoms with Crippen LogP contribution in [0.1, 0.15) is 34.6 Å². The number of hydrogen-bond donors (Lipinski definition) is 1. The minimum atomic E-state index is -0.401. The molecule has 1 unspecified atom stereocenters. The van der Waals surface area contributed by atoms with Crippen molar-refractivity contribution in [3.63, 3.8) is 0 Å². The average molecular weight is 311 g/mol. The van der Waals surface area contributed by atoms with Crippen LogP contribution in [0.4, 0.5) is 0 Å². The minimum absolute atomic E-state index is 0.110. The maximum atomic E-state index is 12.3. The molecule has 0 bridgehead atoms. The van der Waals surface area contributed by atoms with Gasteiger partial charge in [-0.15, -0.1) is 11.8 Å². The molecule has 0 aromatic heterocycles. The molecule has 0 aliphatic carbocycles. The fraction of sp³-hybridized carbons (Fsp3) is 0.562. The predicted molar refractivity (Wildman–Crippen MR) is 86.5 cm³/mol. The molecule has 1 rings (SSSR count). The van der Waals surface area contributed by atoms with E-state index in [1.165, 1.54) is 11.8 Å². The van der Waals surface area contributed by atoms with Gasteiger partial charge in [-0.1, -0.05) is 13.8 Å². The monoisotopic (exact) mass is 311 g/mol. The second-order valence-electron chi connectivity index (χ2n) is 6.14. The Hall–Kier alpha value is -1.20. The van der Waals surface area contributed by atoms with Gasteiger partial charge in [0.05, 0.1) is 18.0 Å². The number of hydrogen-bond acceptors (Lipinski definition) is 4. The Morgan fingerprint density at radius 1 is 1.19 bits per heavy atom. The zero-order chi connectivity index (χ0) is 16.0. The highest BCUT2D eigenvalue weighted by Crippen LogP contribution is 2.29. The third kappa shape index (κ3) is 6.40. The summed E-state index contributed by atoms with van der Waals surface area (Å²) >= 11 is 1.53. The van der Waals surface area contributed by atoms with Crippen molar-refractivity contribution in [1.82, 2.24) is 5.48 Å². The van der Waals surface area contributed by atoms with E-state index in [9.17, 15) is 4.79 Å². The highest BCUT2D eigenvalue weighted by atomic mass is 32.2. The molecule has 4 nitrogen and oxygen atoms in total. The molecule has 118 valence electrons. The summed E-state index contributed by atoms with van der Waals surface area (Å²) in [6.07, 6.45) is 0. The van der Waals surface area contributed by atoms with Crippen molar-refractivity contribution in [3.8, 4) is 5.75 Å². The second kappa shape index (κ2) is 7.71. The van der Waals surface area contributed by atoms with E-state index >= 15 is 0 Å². The first-order valence-corrected chi connectivity index (χ1v) is 7.89. The molecule has 0 radical (unpaired) electrons. The first-order chi connectivity index (χ1) is 9.73. The Kier molecular flexibility index (Phi) is 6.55. The summed E-state index contributed by atoms with van der Waals surface area (Å²) in [7, 11) is 1.64. The molecule has 0 spiro atoms. The van der Waals surface area contributed by atoms with Gasteiger partial charge < -0.3 is 4.74 Å². The van der Waals surface area contributed by atoms with Gasteiger partial charge in [0, 0.05) is 4.90 Å². The Morgan fingerprint density at radius 2 is 1.76 bits per heavy atom. The summed E-state index contributed by atoms with van der Waals surface area (Å²) in [6, 6.07) is 7.69. The number of ether oxygens (including phenoxy) is 1. The molecule has 1 aromatic carbocycles. The molecule has 0 aliphatic rings. The maximum Gasteiger partial charge on any atom is 0.257 e. The van der Waals surface area contributed by atoms with E-state index in [0.29, 0.717) is 0 Å². The number of thioether (sulfide) groups is 1. The summed E-state index contributed by atoms with van der Waals surface area (Å²) in [5, 5.41) is -0.208. The number of carbonyl (C=O) groups excluding carboxylic acids is 1. The molecule has 1 N–H and O–H groups in total. The van der Waals surface area contributed by atoms with Crippen LogP contribution in [0.3, 0.4) is 0 Å². The van der Waals surface area contributed by atoms with E-state index in [1.807, 2.05) is 58.9 Å². The topological polar surface area (TPSA) is 47.6 Å². The number of rotatable bonds is 6. The summed E-state index contributed by atoms with van der Waals surface area (Å²) in [5.41, 5.74) is 2.16. The molecule has 0 heterocycles. The highest BCUT2D eigenvalue weighted by molar-refractivity contribution is 8.00. The van der Waals surface area contributed by atoms with Crippen molar-refractivity contribution < 1.29 is 14.4 Å². The smallest absolute Gasteiger partial charge is 0.257 e. The fourth-order valence-electron chi connectivity index (χ4n) is 1.55. The van der Waals surface area contributed by atoms with Crippen molar-refractivity contribution in [3.05, 3.63) is 24.3 Å². The van der Waals surface area contributed by atoms with Gasteiger partial charge in [0.1, 0.15) is 5.75 Å². The lowest BCUT2D eigenvalue weighted by Gasteiger charge is -2.24. The van der Waals surface area contributed by atoms with Crippen LogP contribution in [0.5, 0.6) is 5.75 Å². The van der Waals surface area contributed by atoms with Crippen LogP contribution in [-0.2, 0) is 9.63 Å². The molecule has 1 amide bonds. The molecule has 5 heteroatoms. The Bertz CT molecular complexity index is 452. The Balaban J connectivity index is 2.70. The number of amides is 1. The highest BCUT2D eigenvalue weighted by Gasteiger charge is 2.25. The second-order valence-corrected chi connectivity index (χ2v) is 7.35. The average Bonchev–Trinajstić information content (AvgIpc) is 2.41. The quantitative estimate of drug-likeness (QED) is 0.643. The molecule has 0 aliphatic heterocycles. The third-order valence-corrected chi connectivity index (χ3v) is 4.20. The Morgan fingerprint density at radius 3 is 2.19 bits per heavy atom. The van der Waals surface area contributed by atoms with Gasteiger partial charge in [-0.2, -0.15) is 0 Å². The predicted octanol–water partition coefficient (Wildman–Crippen LogP) is 3.66. The summed E-state index contributed by atoms with van der Waals surface area (Å²) in [5.74, 6) is 0.891. The molecule has 0 saturated heterocycles. The number of methoxy groups -OCH3 is 1. The van der Waals surface area contributed by atoms with Gasteiger partial charge in [0.25, 0.3) is 5.91 Å². The maximum absolute atomic E-state index is 12.3. The Labute approximate surface area is 131 Å². The first-order valence-electron chi connectivity index (χ1n) is 7.01. The molecule has 1 aromatic rings. The lowest BCUT2D eigenvalue weighted by molar-refractivity contribution is -0.145. The number of nitrogens with one attached hydrogen (secondary N) is 1. The third-order valence-electron chi connectivity index (χ3n) is 2.64. The summed E-state index contributed by atoms with van der Waals surface area (Å²) in [6.45, 7) is 9.74. The molecule has 1 atom stereocenters. The van der Waals surface area contributed by atoms with Gasteiger partial charge in [0.2, 0.25) is 0 Å². The molecule has 0 saturated carbocycles. The van der Waals surface area contributed by atoms with Crippen molar-refractivity contribution in [2.75, 3.05) is 7.11 Å². The standard InChI is InChI=1S/C16H25NO3S/c1-11(2)14(15(18)17-20-16(3,4)5)21-13-9-7-12(19-6)8-10-13/h7-11,14H,1-6H3,(H,17,18). The van der Waals surface area contributed by atoms with Crippen LogP contribution in [0.25, 0.3) is 0 Å². The SMILES string of the molecule is COc1ccc(SC(C(=O)NOC(C)(C)C)C(C)C)cc1. The number of carbonyl (C=O) groups is 1. The van der Waals surface area contributed by atoms with Crippen molar-refractivity contribution in [1.29, 1.82) is 0 Å². The van der Waals surface area contributed by atoms with Gasteiger partial charge in [-0.25, -0.2) is 5.48 Å². The van der Waals surface area contributed by atoms with Crippen LogP contribution >= 0.6 is 11.8 Å². The van der Waals surface area contributed by atoms with E-state index in [0.717, 1.165) is 10.6 Å². The van der Waals surface area contributed by atoms with Gasteiger partial charge in [-0.3, -0.25) is 9.63 Å². The van der Waals surface area contributed by atoms with E-state index < -0.39 is 5.60 Å². The van der Waals surface area contributed by atoms with Crippen LogP contribution in [0.2, 0.25) is 0 Å². The zero-order valence-electron chi connectivity index (χ0n) is 13.6. The zero-order valence-corrected chi connectivity index (χ0v) is 14.4. The lowest BCUT2D eigenvalue weighted by Crippen LogP contribution is -2.40. The molecule has 21 heavy (non-hydrogen) atoms. The van der Waals surface area contributed by atoms with Crippen LogP contribution in [0, 0.1) is 5.92 Å². The largest absolute Gasteiger partial charge is 0.497 e. The van der Waals surface area contributed by atoms with Crippen molar-refractivity contribution in [2.24, 2.45) is 5.92 Å².